The van der Waals surface area contributed by atoms with Crippen molar-refractivity contribution in [3.8, 4) is 0 Å². The van der Waals surface area contributed by atoms with Crippen molar-refractivity contribution < 1.29 is 9.18 Å². The van der Waals surface area contributed by atoms with Gasteiger partial charge in [0.05, 0.1) is 5.02 Å². The van der Waals surface area contributed by atoms with Gasteiger partial charge < -0.3 is 5.32 Å². The Morgan fingerprint density at radius 1 is 1.20 bits per heavy atom. The van der Waals surface area contributed by atoms with E-state index in [1.165, 1.54) is 18.2 Å². The molecular weight excluding hydrogens is 345 g/mol. The number of hydrogen-bond donors (Lipinski definition) is 1. The summed E-state index contributed by atoms with van der Waals surface area (Å²) in [5.74, 6) is -0.815. The normalized spacial score (nSPS) is 10.3. The first-order valence-electron chi connectivity index (χ1n) is 5.97. The Morgan fingerprint density at radius 3 is 2.65 bits per heavy atom. The van der Waals surface area contributed by atoms with E-state index in [4.69, 9.17) is 11.6 Å². The molecule has 0 spiro atoms. The van der Waals surface area contributed by atoms with Gasteiger partial charge in [-0.3, -0.25) is 4.79 Å². The third-order valence-electron chi connectivity index (χ3n) is 2.78. The van der Waals surface area contributed by atoms with Crippen molar-refractivity contribution >= 4 is 33.4 Å². The predicted octanol–water partition coefficient (Wildman–Crippen LogP) is 4.30. The Balaban J connectivity index is 2.02. The lowest BCUT2D eigenvalue weighted by atomic mass is 10.1. The number of nitrogens with one attached hydrogen (secondary N) is 1. The van der Waals surface area contributed by atoms with E-state index in [1.54, 1.807) is 0 Å². The van der Waals surface area contributed by atoms with Gasteiger partial charge in [-0.2, -0.15) is 0 Å². The number of carbonyl (C=O) groups is 1. The summed E-state index contributed by atoms with van der Waals surface area (Å²) in [5.41, 5.74) is 2.48. The molecule has 1 amide bonds. The lowest BCUT2D eigenvalue weighted by Crippen LogP contribution is -2.22. The van der Waals surface area contributed by atoms with Crippen molar-refractivity contribution in [2.75, 3.05) is 0 Å². The number of halogens is 3. The Bertz CT molecular complexity index is 633. The second-order valence-corrected chi connectivity index (χ2v) is 5.23. The molecule has 1 N–H and O–H groups in total. The molecule has 2 nitrogen and oxygen atoms in total. The fourth-order valence-corrected chi connectivity index (χ4v) is 2.27. The van der Waals surface area contributed by atoms with Crippen LogP contribution in [0.1, 0.15) is 21.5 Å². The van der Waals surface area contributed by atoms with Gasteiger partial charge in [-0.1, -0.05) is 51.8 Å². The van der Waals surface area contributed by atoms with E-state index in [1.807, 2.05) is 24.3 Å². The highest BCUT2D eigenvalue weighted by Gasteiger charge is 2.08. The van der Waals surface area contributed by atoms with E-state index in [0.717, 1.165) is 16.5 Å². The van der Waals surface area contributed by atoms with Crippen LogP contribution in [0.3, 0.4) is 0 Å². The molecule has 2 aromatic carbocycles. The van der Waals surface area contributed by atoms with Crippen LogP contribution in [0.2, 0.25) is 5.02 Å². The molecule has 0 radical (unpaired) electrons. The van der Waals surface area contributed by atoms with Crippen LogP contribution in [0.25, 0.3) is 0 Å². The molecule has 0 unspecified atom stereocenters. The summed E-state index contributed by atoms with van der Waals surface area (Å²) in [6, 6.07) is 11.8. The summed E-state index contributed by atoms with van der Waals surface area (Å²) in [4.78, 5) is 11.9. The second-order valence-electron chi connectivity index (χ2n) is 4.27. The largest absolute Gasteiger partial charge is 0.348 e. The first kappa shape index (κ1) is 15.0. The van der Waals surface area contributed by atoms with Crippen molar-refractivity contribution in [1.82, 2.24) is 5.32 Å². The Labute approximate surface area is 130 Å². The summed E-state index contributed by atoms with van der Waals surface area (Å²) in [6.07, 6.45) is 0. The molecule has 0 aliphatic carbocycles. The molecule has 0 saturated carbocycles. The van der Waals surface area contributed by atoms with Crippen molar-refractivity contribution in [1.29, 1.82) is 0 Å². The molecule has 0 aliphatic rings. The smallest absolute Gasteiger partial charge is 0.251 e. The number of amides is 1. The lowest BCUT2D eigenvalue weighted by Gasteiger charge is -2.07. The molecule has 0 aliphatic heterocycles. The van der Waals surface area contributed by atoms with Crippen molar-refractivity contribution in [3.63, 3.8) is 0 Å². The SMILES string of the molecule is O=C(NCc1cccc(CBr)c1)c1ccc(F)c(Cl)c1. The van der Waals surface area contributed by atoms with Gasteiger partial charge in [0.15, 0.2) is 0 Å². The fraction of sp³-hybridized carbons (Fsp3) is 0.133. The minimum atomic E-state index is -0.534. The van der Waals surface area contributed by atoms with Crippen LogP contribution in [-0.4, -0.2) is 5.91 Å². The highest BCUT2D eigenvalue weighted by molar-refractivity contribution is 9.08. The average molecular weight is 357 g/mol. The van der Waals surface area contributed by atoms with Crippen LogP contribution < -0.4 is 5.32 Å². The summed E-state index contributed by atoms with van der Waals surface area (Å²) in [7, 11) is 0. The van der Waals surface area contributed by atoms with Gasteiger partial charge in [-0.25, -0.2) is 4.39 Å². The molecule has 5 heteroatoms. The number of alkyl halides is 1. The number of benzene rings is 2. The van der Waals surface area contributed by atoms with Crippen LogP contribution in [0.15, 0.2) is 42.5 Å². The maximum Gasteiger partial charge on any atom is 0.251 e. The Morgan fingerprint density at radius 2 is 1.95 bits per heavy atom. The van der Waals surface area contributed by atoms with Crippen LogP contribution in [-0.2, 0) is 11.9 Å². The molecule has 0 bridgehead atoms. The van der Waals surface area contributed by atoms with Gasteiger partial charge in [0.2, 0.25) is 0 Å². The molecule has 0 fully saturated rings. The lowest BCUT2D eigenvalue weighted by molar-refractivity contribution is 0.0951. The van der Waals surface area contributed by atoms with Gasteiger partial charge in [-0.05, 0) is 29.3 Å². The summed E-state index contributed by atoms with van der Waals surface area (Å²) in [5, 5.41) is 3.49. The van der Waals surface area contributed by atoms with Gasteiger partial charge in [0.1, 0.15) is 5.82 Å². The van der Waals surface area contributed by atoms with E-state index in [2.05, 4.69) is 21.2 Å². The monoisotopic (exact) mass is 355 g/mol. The second kappa shape index (κ2) is 6.86. The topological polar surface area (TPSA) is 29.1 Å². The minimum absolute atomic E-state index is 0.0565. The van der Waals surface area contributed by atoms with E-state index in [9.17, 15) is 9.18 Å². The van der Waals surface area contributed by atoms with Crippen LogP contribution in [0.4, 0.5) is 4.39 Å². The highest BCUT2D eigenvalue weighted by atomic mass is 79.9. The fourth-order valence-electron chi connectivity index (χ4n) is 1.74. The zero-order chi connectivity index (χ0) is 14.5. The molecule has 0 saturated heterocycles. The number of rotatable bonds is 4. The number of carbonyl (C=O) groups excluding carboxylic acids is 1. The standard InChI is InChI=1S/C15H12BrClFNO/c16-8-10-2-1-3-11(6-10)9-19-15(20)12-4-5-14(18)13(17)7-12/h1-7H,8-9H2,(H,19,20). The van der Waals surface area contributed by atoms with Crippen LogP contribution in [0.5, 0.6) is 0 Å². The first-order valence-corrected chi connectivity index (χ1v) is 7.47. The van der Waals surface area contributed by atoms with Gasteiger partial charge in [0.25, 0.3) is 5.91 Å². The molecule has 0 atom stereocenters. The molecule has 2 aromatic rings. The minimum Gasteiger partial charge on any atom is -0.348 e. The Hall–Kier alpha value is -1.39. The maximum atomic E-state index is 13.0. The third kappa shape index (κ3) is 3.81. The highest BCUT2D eigenvalue weighted by Crippen LogP contribution is 2.16. The summed E-state index contributed by atoms with van der Waals surface area (Å²) < 4.78 is 13.0. The van der Waals surface area contributed by atoms with Crippen LogP contribution in [0, 0.1) is 5.82 Å². The van der Waals surface area contributed by atoms with E-state index in [-0.39, 0.29) is 10.9 Å². The van der Waals surface area contributed by atoms with Gasteiger partial charge >= 0.3 is 0 Å². The van der Waals surface area contributed by atoms with E-state index in [0.29, 0.717) is 12.1 Å². The number of hydrogen-bond acceptors (Lipinski definition) is 1. The molecule has 20 heavy (non-hydrogen) atoms. The summed E-state index contributed by atoms with van der Waals surface area (Å²) >= 11 is 9.04. The van der Waals surface area contributed by atoms with Crippen molar-refractivity contribution in [3.05, 3.63) is 70.0 Å². The zero-order valence-electron chi connectivity index (χ0n) is 10.5. The van der Waals surface area contributed by atoms with E-state index >= 15 is 0 Å². The molecule has 0 aromatic heterocycles. The summed E-state index contributed by atoms with van der Waals surface area (Å²) in [6.45, 7) is 0.411. The maximum absolute atomic E-state index is 13.0. The molecule has 2 rings (SSSR count). The van der Waals surface area contributed by atoms with Crippen molar-refractivity contribution in [2.24, 2.45) is 0 Å². The van der Waals surface area contributed by atoms with Gasteiger partial charge in [0, 0.05) is 17.4 Å². The molecule has 104 valence electrons. The van der Waals surface area contributed by atoms with E-state index < -0.39 is 5.82 Å². The first-order chi connectivity index (χ1) is 9.60. The van der Waals surface area contributed by atoms with Crippen LogP contribution >= 0.6 is 27.5 Å². The predicted molar refractivity (Wildman–Crippen MR) is 81.7 cm³/mol. The third-order valence-corrected chi connectivity index (χ3v) is 3.72. The average Bonchev–Trinajstić information content (AvgIpc) is 2.47. The van der Waals surface area contributed by atoms with Crippen molar-refractivity contribution in [2.45, 2.75) is 11.9 Å². The molecular formula is C15H12BrClFNO. The molecule has 0 heterocycles. The van der Waals surface area contributed by atoms with Gasteiger partial charge in [-0.15, -0.1) is 0 Å². The quantitative estimate of drug-likeness (QED) is 0.813. The zero-order valence-corrected chi connectivity index (χ0v) is 12.8. The Kier molecular flexibility index (Phi) is 5.15.